The molecule has 0 aromatic rings. The van der Waals surface area contributed by atoms with E-state index in [0.29, 0.717) is 18.3 Å². The van der Waals surface area contributed by atoms with Gasteiger partial charge in [-0.15, -0.1) is 0 Å². The lowest BCUT2D eigenvalue weighted by molar-refractivity contribution is -0.157. The first kappa shape index (κ1) is 19.1. The minimum absolute atomic E-state index is 0.0472. The smallest absolute Gasteiger partial charge is 0.351 e. The third-order valence-electron chi connectivity index (χ3n) is 4.90. The van der Waals surface area contributed by atoms with Gasteiger partial charge in [0.1, 0.15) is 6.54 Å². The summed E-state index contributed by atoms with van der Waals surface area (Å²) in [5.41, 5.74) is 0.218. The average Bonchev–Trinajstić information content (AvgIpc) is 2.63. The summed E-state index contributed by atoms with van der Waals surface area (Å²) in [5.74, 6) is 0.163. The number of halogens is 3. The molecule has 24 heavy (non-hydrogen) atoms. The van der Waals surface area contributed by atoms with Gasteiger partial charge in [0.25, 0.3) is 0 Å². The van der Waals surface area contributed by atoms with Crippen LogP contribution in [-0.4, -0.2) is 42.0 Å². The zero-order chi connectivity index (χ0) is 18.1. The molecular formula is C17H27F3N2O2. The molecule has 4 nitrogen and oxygen atoms in total. The van der Waals surface area contributed by atoms with Gasteiger partial charge in [-0.3, -0.25) is 9.59 Å². The van der Waals surface area contributed by atoms with Gasteiger partial charge in [-0.1, -0.05) is 20.8 Å². The molecule has 0 radical (unpaired) electrons. The highest BCUT2D eigenvalue weighted by molar-refractivity contribution is 5.82. The monoisotopic (exact) mass is 348 g/mol. The Morgan fingerprint density at radius 1 is 1.33 bits per heavy atom. The number of likely N-dealkylation sites (tertiary alicyclic amines) is 1. The second kappa shape index (κ2) is 6.92. The van der Waals surface area contributed by atoms with Gasteiger partial charge in [-0.25, -0.2) is 0 Å². The Bertz CT molecular complexity index is 491. The molecule has 1 saturated carbocycles. The van der Waals surface area contributed by atoms with E-state index in [9.17, 15) is 22.8 Å². The Morgan fingerprint density at radius 3 is 2.58 bits per heavy atom. The maximum Gasteiger partial charge on any atom is 0.406 e. The Labute approximate surface area is 141 Å². The summed E-state index contributed by atoms with van der Waals surface area (Å²) in [5, 5.41) is 2.75. The third kappa shape index (κ3) is 5.67. The Balaban J connectivity index is 1.82. The van der Waals surface area contributed by atoms with E-state index in [0.717, 1.165) is 24.2 Å². The molecule has 0 aromatic heterocycles. The number of nitrogens with zero attached hydrogens (tertiary/aromatic N) is 1. The molecule has 0 aromatic carbocycles. The van der Waals surface area contributed by atoms with Gasteiger partial charge >= 0.3 is 6.18 Å². The number of carbonyl (C=O) groups is 2. The molecule has 1 aliphatic heterocycles. The molecule has 1 aliphatic carbocycles. The van der Waals surface area contributed by atoms with Gasteiger partial charge in [0.2, 0.25) is 11.8 Å². The fraction of sp³-hybridized carbons (Fsp3) is 0.882. The first-order chi connectivity index (χ1) is 10.9. The summed E-state index contributed by atoms with van der Waals surface area (Å²) in [6.45, 7) is 5.30. The van der Waals surface area contributed by atoms with Crippen LogP contribution in [0.25, 0.3) is 0 Å². The number of alkyl halides is 3. The van der Waals surface area contributed by atoms with Crippen LogP contribution in [0.2, 0.25) is 0 Å². The molecule has 1 heterocycles. The second-order valence-electron chi connectivity index (χ2n) is 8.34. The van der Waals surface area contributed by atoms with Crippen molar-refractivity contribution in [2.24, 2.45) is 17.3 Å². The van der Waals surface area contributed by atoms with Crippen molar-refractivity contribution in [3.05, 3.63) is 0 Å². The van der Waals surface area contributed by atoms with Crippen LogP contribution in [0, 0.1) is 17.3 Å². The fourth-order valence-electron chi connectivity index (χ4n) is 4.49. The van der Waals surface area contributed by atoms with E-state index in [1.165, 1.54) is 0 Å². The van der Waals surface area contributed by atoms with Gasteiger partial charge < -0.3 is 10.2 Å². The van der Waals surface area contributed by atoms with Crippen molar-refractivity contribution < 1.29 is 22.8 Å². The van der Waals surface area contributed by atoms with Crippen molar-refractivity contribution in [1.29, 1.82) is 0 Å². The lowest BCUT2D eigenvalue weighted by Gasteiger charge is -2.38. The van der Waals surface area contributed by atoms with Crippen LogP contribution >= 0.6 is 0 Å². The van der Waals surface area contributed by atoms with E-state index in [1.807, 2.05) is 0 Å². The Kier molecular flexibility index (Phi) is 5.50. The zero-order valence-corrected chi connectivity index (χ0v) is 14.6. The molecule has 2 amide bonds. The van der Waals surface area contributed by atoms with Crippen molar-refractivity contribution in [3.63, 3.8) is 0 Å². The normalized spacial score (nSPS) is 30.5. The van der Waals surface area contributed by atoms with Crippen LogP contribution < -0.4 is 5.32 Å². The van der Waals surface area contributed by atoms with Crippen molar-refractivity contribution in [1.82, 2.24) is 10.2 Å². The number of rotatable bonds is 4. The molecule has 7 heteroatoms. The van der Waals surface area contributed by atoms with Crippen LogP contribution in [-0.2, 0) is 9.59 Å². The molecule has 1 saturated heterocycles. The summed E-state index contributed by atoms with van der Waals surface area (Å²) in [6, 6.07) is -0.513. The van der Waals surface area contributed by atoms with Crippen molar-refractivity contribution in [2.75, 3.05) is 13.1 Å². The molecule has 0 bridgehead atoms. The number of hydrogen-bond acceptors (Lipinski definition) is 2. The van der Waals surface area contributed by atoms with Crippen LogP contribution in [0.1, 0.15) is 52.9 Å². The van der Waals surface area contributed by atoms with Crippen molar-refractivity contribution in [3.8, 4) is 0 Å². The molecule has 3 atom stereocenters. The summed E-state index contributed by atoms with van der Waals surface area (Å²) < 4.78 is 37.2. The number of carbonyl (C=O) groups excluding carboxylic acids is 2. The first-order valence-electron chi connectivity index (χ1n) is 8.57. The molecular weight excluding hydrogens is 321 g/mol. The number of hydrogen-bond donors (Lipinski definition) is 1. The first-order valence-corrected chi connectivity index (χ1v) is 8.57. The SMILES string of the molecule is C[C@@H]1C[C@H](CC(=O)N[C@H]2CC(=O)N(CC(F)(F)F)C2)CC(C)(C)C1. The average molecular weight is 348 g/mol. The van der Waals surface area contributed by atoms with Gasteiger partial charge in [-0.05, 0) is 36.5 Å². The highest BCUT2D eigenvalue weighted by Gasteiger charge is 2.39. The molecule has 2 rings (SSSR count). The molecule has 2 fully saturated rings. The number of amides is 2. The van der Waals surface area contributed by atoms with Crippen LogP contribution in [0.15, 0.2) is 0 Å². The minimum Gasteiger partial charge on any atom is -0.351 e. The minimum atomic E-state index is -4.40. The standard InChI is InChI=1S/C17H27F3N2O2/c1-11-4-12(8-16(2,3)7-11)5-14(23)21-13-6-15(24)22(9-13)10-17(18,19)20/h11-13H,4-10H2,1-3H3,(H,21,23)/t11-,12-,13+/m1/s1. The Hall–Kier alpha value is -1.27. The van der Waals surface area contributed by atoms with Gasteiger partial charge in [0.15, 0.2) is 0 Å². The molecule has 1 N–H and O–H groups in total. The largest absolute Gasteiger partial charge is 0.406 e. The van der Waals surface area contributed by atoms with Gasteiger partial charge in [0.05, 0.1) is 6.04 Å². The topological polar surface area (TPSA) is 49.4 Å². The predicted molar refractivity (Wildman–Crippen MR) is 84.1 cm³/mol. The van der Waals surface area contributed by atoms with Crippen molar-refractivity contribution >= 4 is 11.8 Å². The lowest BCUT2D eigenvalue weighted by Crippen LogP contribution is -2.40. The second-order valence-corrected chi connectivity index (χ2v) is 8.34. The van der Waals surface area contributed by atoms with Crippen LogP contribution in [0.3, 0.4) is 0 Å². The fourth-order valence-corrected chi connectivity index (χ4v) is 4.49. The number of nitrogens with one attached hydrogen (secondary N) is 1. The van der Waals surface area contributed by atoms with Crippen molar-refractivity contribution in [2.45, 2.75) is 65.1 Å². The molecule has 0 unspecified atom stereocenters. The van der Waals surface area contributed by atoms with E-state index in [-0.39, 0.29) is 24.3 Å². The van der Waals surface area contributed by atoms with Crippen LogP contribution in [0.4, 0.5) is 13.2 Å². The quantitative estimate of drug-likeness (QED) is 0.849. The van der Waals surface area contributed by atoms with E-state index in [2.05, 4.69) is 26.1 Å². The van der Waals surface area contributed by atoms with Gasteiger partial charge in [0, 0.05) is 19.4 Å². The van der Waals surface area contributed by atoms with E-state index < -0.39 is 24.7 Å². The summed E-state index contributed by atoms with van der Waals surface area (Å²) >= 11 is 0. The lowest BCUT2D eigenvalue weighted by atomic mass is 9.67. The Morgan fingerprint density at radius 2 is 2.00 bits per heavy atom. The predicted octanol–water partition coefficient (Wildman–Crippen LogP) is 3.12. The van der Waals surface area contributed by atoms with Crippen LogP contribution in [0.5, 0.6) is 0 Å². The van der Waals surface area contributed by atoms with E-state index in [4.69, 9.17) is 0 Å². The van der Waals surface area contributed by atoms with E-state index >= 15 is 0 Å². The third-order valence-corrected chi connectivity index (χ3v) is 4.90. The highest BCUT2D eigenvalue weighted by Crippen LogP contribution is 2.42. The zero-order valence-electron chi connectivity index (χ0n) is 14.6. The van der Waals surface area contributed by atoms with E-state index in [1.54, 1.807) is 0 Å². The van der Waals surface area contributed by atoms with Gasteiger partial charge in [-0.2, -0.15) is 13.2 Å². The molecule has 0 spiro atoms. The molecule has 2 aliphatic rings. The maximum absolute atomic E-state index is 12.4. The summed E-state index contributed by atoms with van der Waals surface area (Å²) in [4.78, 5) is 24.6. The summed E-state index contributed by atoms with van der Waals surface area (Å²) in [7, 11) is 0. The maximum atomic E-state index is 12.4. The molecule has 138 valence electrons. The summed E-state index contributed by atoms with van der Waals surface area (Å²) in [6.07, 6.45) is -0.936. The highest BCUT2D eigenvalue weighted by atomic mass is 19.4.